The van der Waals surface area contributed by atoms with Crippen LogP contribution in [0.2, 0.25) is 5.02 Å². The van der Waals surface area contributed by atoms with E-state index in [0.717, 1.165) is 12.3 Å². The molecule has 0 spiro atoms. The third kappa shape index (κ3) is 2.96. The maximum atomic E-state index is 13.0. The van der Waals surface area contributed by atoms with Crippen molar-refractivity contribution < 1.29 is 17.4 Å². The summed E-state index contributed by atoms with van der Waals surface area (Å²) in [7, 11) is 0.200. The normalized spacial score (nSPS) is 13.5. The molecule has 1 aromatic carbocycles. The molecule has 0 saturated heterocycles. The number of pyridine rings is 1. The number of aromatic nitrogens is 5. The average Bonchev–Trinajstić information content (AvgIpc) is 3.17. The largest absolute Gasteiger partial charge is 0.417 e. The molecule has 28 heavy (non-hydrogen) atoms. The summed E-state index contributed by atoms with van der Waals surface area (Å²) in [5, 5.41) is 5.90. The van der Waals surface area contributed by atoms with Gasteiger partial charge in [-0.25, -0.2) is 9.97 Å². The number of rotatable bonds is 3. The molecule has 0 saturated carbocycles. The van der Waals surface area contributed by atoms with Gasteiger partial charge in [0.15, 0.2) is 5.65 Å². The molecular formula is C17H13ClF3N5OS. The van der Waals surface area contributed by atoms with E-state index in [1.165, 1.54) is 9.25 Å². The minimum absolute atomic E-state index is 0.0677. The van der Waals surface area contributed by atoms with Crippen LogP contribution in [0.5, 0.6) is 0 Å². The maximum absolute atomic E-state index is 13.0. The van der Waals surface area contributed by atoms with E-state index in [4.69, 9.17) is 11.6 Å². The van der Waals surface area contributed by atoms with Gasteiger partial charge >= 0.3 is 6.18 Å². The van der Waals surface area contributed by atoms with Crippen LogP contribution in [0, 0.1) is 0 Å². The zero-order chi connectivity index (χ0) is 20.2. The lowest BCUT2D eigenvalue weighted by atomic mass is 10.2. The van der Waals surface area contributed by atoms with E-state index in [1.807, 2.05) is 0 Å². The molecule has 0 N–H and O–H groups in total. The fraction of sp³-hybridized carbons (Fsp3) is 0.235. The Labute approximate surface area is 164 Å². The molecule has 6 nitrogen and oxygen atoms in total. The van der Waals surface area contributed by atoms with E-state index in [0.29, 0.717) is 26.7 Å². The summed E-state index contributed by atoms with van der Waals surface area (Å²) in [6.07, 6.45) is -3.76. The van der Waals surface area contributed by atoms with Gasteiger partial charge in [-0.1, -0.05) is 18.5 Å². The molecule has 0 fully saturated rings. The van der Waals surface area contributed by atoms with Crippen LogP contribution in [0.3, 0.4) is 0 Å². The molecule has 3 aromatic heterocycles. The van der Waals surface area contributed by atoms with Crippen molar-refractivity contribution in [1.82, 2.24) is 24.3 Å². The smallest absolute Gasteiger partial charge is 0.296 e. The van der Waals surface area contributed by atoms with E-state index in [9.17, 15) is 17.4 Å². The van der Waals surface area contributed by atoms with Crippen LogP contribution in [0.25, 0.3) is 28.0 Å². The SMILES string of the molecule is CCS(=O)c1c2cc(Cl)ccc2nn1-c1nc2cc(C(F)(F)F)cnc2n1C. The van der Waals surface area contributed by atoms with E-state index in [-0.39, 0.29) is 17.1 Å². The molecule has 146 valence electrons. The van der Waals surface area contributed by atoms with Gasteiger partial charge in [0.1, 0.15) is 10.5 Å². The molecule has 4 aromatic rings. The van der Waals surface area contributed by atoms with E-state index in [2.05, 4.69) is 15.1 Å². The highest BCUT2D eigenvalue weighted by atomic mass is 35.5. The molecule has 0 radical (unpaired) electrons. The van der Waals surface area contributed by atoms with Crippen LogP contribution in [0.1, 0.15) is 12.5 Å². The number of hydrogen-bond acceptors (Lipinski definition) is 4. The van der Waals surface area contributed by atoms with E-state index < -0.39 is 22.5 Å². The van der Waals surface area contributed by atoms with Crippen molar-refractivity contribution in [2.75, 3.05) is 5.75 Å². The quantitative estimate of drug-likeness (QED) is 0.493. The lowest BCUT2D eigenvalue weighted by Crippen LogP contribution is -2.10. The van der Waals surface area contributed by atoms with Crippen molar-refractivity contribution in [2.24, 2.45) is 7.05 Å². The summed E-state index contributed by atoms with van der Waals surface area (Å²) in [6, 6.07) is 5.94. The van der Waals surface area contributed by atoms with Crippen molar-refractivity contribution in [3.8, 4) is 5.95 Å². The minimum atomic E-state index is -4.52. The van der Waals surface area contributed by atoms with Gasteiger partial charge in [0, 0.05) is 29.4 Å². The van der Waals surface area contributed by atoms with E-state index >= 15 is 0 Å². The Balaban J connectivity index is 2.01. The van der Waals surface area contributed by atoms with E-state index in [1.54, 1.807) is 32.2 Å². The Morgan fingerprint density at radius 1 is 1.21 bits per heavy atom. The Bertz CT molecular complexity index is 1250. The lowest BCUT2D eigenvalue weighted by Gasteiger charge is -2.06. The zero-order valence-electron chi connectivity index (χ0n) is 14.7. The van der Waals surface area contributed by atoms with Gasteiger partial charge in [-0.15, -0.1) is 0 Å². The molecule has 0 aliphatic rings. The second-order valence-electron chi connectivity index (χ2n) is 6.05. The van der Waals surface area contributed by atoms with Crippen molar-refractivity contribution >= 4 is 44.5 Å². The Morgan fingerprint density at radius 3 is 2.64 bits per heavy atom. The van der Waals surface area contributed by atoms with Crippen molar-refractivity contribution in [1.29, 1.82) is 0 Å². The van der Waals surface area contributed by atoms with Crippen LogP contribution < -0.4 is 0 Å². The zero-order valence-corrected chi connectivity index (χ0v) is 16.2. The molecular weight excluding hydrogens is 415 g/mol. The number of alkyl halides is 3. The summed E-state index contributed by atoms with van der Waals surface area (Å²) in [4.78, 5) is 8.18. The molecule has 3 heterocycles. The standard InChI is InChI=1S/C17H13ClF3N5OS/c1-3-28(27)15-11-7-10(18)4-5-12(11)24-26(15)16-23-13-6-9(17(19,20)21)8-22-14(13)25(16)2/h4-8H,3H2,1-2H3. The highest BCUT2D eigenvalue weighted by Gasteiger charge is 2.32. The summed E-state index contributed by atoms with van der Waals surface area (Å²) < 4.78 is 54.6. The van der Waals surface area contributed by atoms with Gasteiger partial charge in [0.25, 0.3) is 0 Å². The summed E-state index contributed by atoms with van der Waals surface area (Å²) in [5.74, 6) is 0.541. The fourth-order valence-corrected chi connectivity index (χ4v) is 4.10. The first kappa shape index (κ1) is 18.9. The van der Waals surface area contributed by atoms with Crippen LogP contribution in [0.15, 0.2) is 35.5 Å². The monoisotopic (exact) mass is 427 g/mol. The average molecular weight is 428 g/mol. The van der Waals surface area contributed by atoms with Crippen molar-refractivity contribution in [3.05, 3.63) is 41.0 Å². The van der Waals surface area contributed by atoms with Crippen LogP contribution in [0.4, 0.5) is 13.2 Å². The van der Waals surface area contributed by atoms with Gasteiger partial charge in [-0.2, -0.15) is 23.0 Å². The fourth-order valence-electron chi connectivity index (χ4n) is 2.93. The molecule has 0 amide bonds. The Kier molecular flexibility index (Phi) is 4.42. The highest BCUT2D eigenvalue weighted by Crippen LogP contribution is 2.32. The first-order valence-electron chi connectivity index (χ1n) is 8.17. The van der Waals surface area contributed by atoms with Gasteiger partial charge in [0.2, 0.25) is 5.95 Å². The third-order valence-corrected chi connectivity index (χ3v) is 5.85. The molecule has 4 rings (SSSR count). The Hall–Kier alpha value is -2.46. The first-order valence-corrected chi connectivity index (χ1v) is 9.87. The highest BCUT2D eigenvalue weighted by molar-refractivity contribution is 7.85. The van der Waals surface area contributed by atoms with Crippen LogP contribution in [-0.2, 0) is 24.0 Å². The number of hydrogen-bond donors (Lipinski definition) is 0. The van der Waals surface area contributed by atoms with Crippen molar-refractivity contribution in [2.45, 2.75) is 18.1 Å². The number of nitrogens with zero attached hydrogens (tertiary/aromatic N) is 5. The predicted octanol–water partition coefficient (Wildman–Crippen LogP) is 4.11. The van der Waals surface area contributed by atoms with Crippen LogP contribution >= 0.6 is 11.6 Å². The summed E-state index contributed by atoms with van der Waals surface area (Å²) >= 11 is 6.08. The minimum Gasteiger partial charge on any atom is -0.296 e. The predicted molar refractivity (Wildman–Crippen MR) is 100 cm³/mol. The Morgan fingerprint density at radius 2 is 1.96 bits per heavy atom. The van der Waals surface area contributed by atoms with Crippen molar-refractivity contribution in [3.63, 3.8) is 0 Å². The molecule has 11 heteroatoms. The topological polar surface area (TPSA) is 65.6 Å². The number of fused-ring (bicyclic) bond motifs is 2. The van der Waals surface area contributed by atoms with Gasteiger partial charge < -0.3 is 0 Å². The lowest BCUT2D eigenvalue weighted by molar-refractivity contribution is -0.137. The van der Waals surface area contributed by atoms with Gasteiger partial charge in [-0.3, -0.25) is 8.78 Å². The number of aryl methyl sites for hydroxylation is 1. The number of halogens is 4. The van der Waals surface area contributed by atoms with Gasteiger partial charge in [0.05, 0.1) is 21.9 Å². The molecule has 1 unspecified atom stereocenters. The molecule has 0 aliphatic carbocycles. The number of imidazole rings is 1. The second kappa shape index (κ2) is 6.56. The van der Waals surface area contributed by atoms with Gasteiger partial charge in [-0.05, 0) is 24.3 Å². The first-order chi connectivity index (χ1) is 13.2. The summed E-state index contributed by atoms with van der Waals surface area (Å²) in [5.41, 5.74) is -0.0106. The molecule has 0 aliphatic heterocycles. The third-order valence-electron chi connectivity index (χ3n) is 4.27. The molecule has 0 bridgehead atoms. The molecule has 1 atom stereocenters. The summed E-state index contributed by atoms with van der Waals surface area (Å²) in [6.45, 7) is 1.76. The number of benzene rings is 1. The maximum Gasteiger partial charge on any atom is 0.417 e. The second-order valence-corrected chi connectivity index (χ2v) is 8.14. The van der Waals surface area contributed by atoms with Crippen LogP contribution in [-0.4, -0.2) is 34.3 Å².